The molecule has 0 atom stereocenters. The van der Waals surface area contributed by atoms with E-state index in [9.17, 15) is 13.2 Å². The molecule has 0 unspecified atom stereocenters. The summed E-state index contributed by atoms with van der Waals surface area (Å²) in [5.74, 6) is 0.0993. The summed E-state index contributed by atoms with van der Waals surface area (Å²) in [6, 6.07) is 6.21. The van der Waals surface area contributed by atoms with Crippen LogP contribution < -0.4 is 10.5 Å². The summed E-state index contributed by atoms with van der Waals surface area (Å²) < 4.78 is 43.4. The second-order valence-corrected chi connectivity index (χ2v) is 4.74. The number of rotatable bonds is 3. The standard InChI is InChI=1S/C14H11F3N2OS/c1-8-5-6-19-13(11(8)12(18)21)20-10-4-2-3-9(7-10)14(15,16)17/h2-7H,1H3,(H2,18,21). The lowest BCUT2D eigenvalue weighted by Gasteiger charge is -2.12. The minimum absolute atomic E-state index is 0.0143. The highest BCUT2D eigenvalue weighted by molar-refractivity contribution is 7.80. The Labute approximate surface area is 124 Å². The Hall–Kier alpha value is -2.15. The number of hydrogen-bond acceptors (Lipinski definition) is 3. The van der Waals surface area contributed by atoms with Gasteiger partial charge in [0.25, 0.3) is 0 Å². The maximum atomic E-state index is 12.7. The zero-order chi connectivity index (χ0) is 15.6. The Balaban J connectivity index is 2.40. The van der Waals surface area contributed by atoms with Crippen molar-refractivity contribution in [2.45, 2.75) is 13.1 Å². The van der Waals surface area contributed by atoms with E-state index in [0.29, 0.717) is 5.56 Å². The van der Waals surface area contributed by atoms with Gasteiger partial charge < -0.3 is 10.5 Å². The van der Waals surface area contributed by atoms with Gasteiger partial charge in [-0.1, -0.05) is 18.3 Å². The van der Waals surface area contributed by atoms with Crippen molar-refractivity contribution < 1.29 is 17.9 Å². The van der Waals surface area contributed by atoms with Crippen molar-refractivity contribution in [1.29, 1.82) is 0 Å². The Bertz CT molecular complexity index is 686. The Kier molecular flexibility index (Phi) is 4.13. The van der Waals surface area contributed by atoms with Gasteiger partial charge in [0.2, 0.25) is 5.88 Å². The van der Waals surface area contributed by atoms with Crippen LogP contribution in [0.4, 0.5) is 13.2 Å². The third-order valence-corrected chi connectivity index (χ3v) is 2.95. The molecule has 3 nitrogen and oxygen atoms in total. The van der Waals surface area contributed by atoms with Gasteiger partial charge in [-0.15, -0.1) is 0 Å². The molecule has 0 amide bonds. The minimum atomic E-state index is -4.44. The summed E-state index contributed by atoms with van der Waals surface area (Å²) in [7, 11) is 0. The zero-order valence-electron chi connectivity index (χ0n) is 10.9. The van der Waals surface area contributed by atoms with Crippen LogP contribution >= 0.6 is 12.2 Å². The van der Waals surface area contributed by atoms with Crippen LogP contribution in [-0.4, -0.2) is 9.97 Å². The second kappa shape index (κ2) is 5.69. The average molecular weight is 312 g/mol. The molecule has 0 aliphatic rings. The number of aromatic nitrogens is 1. The molecule has 0 aliphatic heterocycles. The van der Waals surface area contributed by atoms with Crippen molar-refractivity contribution in [3.8, 4) is 11.6 Å². The normalized spacial score (nSPS) is 11.2. The van der Waals surface area contributed by atoms with Gasteiger partial charge in [0, 0.05) is 6.20 Å². The number of halogens is 3. The van der Waals surface area contributed by atoms with Crippen LogP contribution in [0.15, 0.2) is 36.5 Å². The third kappa shape index (κ3) is 3.49. The molecule has 7 heteroatoms. The fourth-order valence-electron chi connectivity index (χ4n) is 1.76. The Morgan fingerprint density at radius 3 is 2.62 bits per heavy atom. The summed E-state index contributed by atoms with van der Waals surface area (Å²) in [6.07, 6.45) is -2.97. The van der Waals surface area contributed by atoms with Gasteiger partial charge in [-0.25, -0.2) is 4.98 Å². The van der Waals surface area contributed by atoms with Gasteiger partial charge in [0.05, 0.1) is 11.1 Å². The van der Waals surface area contributed by atoms with E-state index in [1.807, 2.05) is 0 Å². The first-order valence-electron chi connectivity index (χ1n) is 5.89. The molecule has 0 saturated heterocycles. The smallest absolute Gasteiger partial charge is 0.416 e. The largest absolute Gasteiger partial charge is 0.438 e. The first-order valence-corrected chi connectivity index (χ1v) is 6.30. The van der Waals surface area contributed by atoms with E-state index in [2.05, 4.69) is 4.98 Å². The predicted octanol–water partition coefficient (Wildman–Crippen LogP) is 3.84. The SMILES string of the molecule is Cc1ccnc(Oc2cccc(C(F)(F)F)c2)c1C(N)=S. The number of ether oxygens (including phenoxy) is 1. The number of hydrogen-bond donors (Lipinski definition) is 1. The number of nitrogens with two attached hydrogens (primary N) is 1. The monoisotopic (exact) mass is 312 g/mol. The van der Waals surface area contributed by atoms with Gasteiger partial charge in [0.15, 0.2) is 0 Å². The number of alkyl halides is 3. The molecule has 0 saturated carbocycles. The topological polar surface area (TPSA) is 48.1 Å². The van der Waals surface area contributed by atoms with E-state index in [-0.39, 0.29) is 16.6 Å². The van der Waals surface area contributed by atoms with Gasteiger partial charge in [0.1, 0.15) is 10.7 Å². The van der Waals surface area contributed by atoms with E-state index in [1.54, 1.807) is 13.0 Å². The van der Waals surface area contributed by atoms with Crippen LogP contribution in [0.2, 0.25) is 0 Å². The first-order chi connectivity index (χ1) is 9.79. The summed E-state index contributed by atoms with van der Waals surface area (Å²) >= 11 is 4.92. The first kappa shape index (κ1) is 15.2. The molecule has 1 aromatic carbocycles. The van der Waals surface area contributed by atoms with Gasteiger partial charge in [-0.3, -0.25) is 0 Å². The van der Waals surface area contributed by atoms with Crippen molar-refractivity contribution in [1.82, 2.24) is 4.98 Å². The summed E-state index contributed by atoms with van der Waals surface area (Å²) in [4.78, 5) is 4.05. The maximum absolute atomic E-state index is 12.7. The quantitative estimate of drug-likeness (QED) is 0.875. The van der Waals surface area contributed by atoms with Crippen LogP contribution in [0.1, 0.15) is 16.7 Å². The van der Waals surface area contributed by atoms with E-state index < -0.39 is 11.7 Å². The lowest BCUT2D eigenvalue weighted by Crippen LogP contribution is -2.13. The van der Waals surface area contributed by atoms with Crippen molar-refractivity contribution in [3.05, 3.63) is 53.2 Å². The predicted molar refractivity (Wildman–Crippen MR) is 76.4 cm³/mol. The molecule has 2 N–H and O–H groups in total. The fraction of sp³-hybridized carbons (Fsp3) is 0.143. The van der Waals surface area contributed by atoms with Crippen molar-refractivity contribution in [3.63, 3.8) is 0 Å². The molecule has 0 fully saturated rings. The summed E-state index contributed by atoms with van der Waals surface area (Å²) in [5, 5.41) is 0. The minimum Gasteiger partial charge on any atom is -0.438 e. The van der Waals surface area contributed by atoms with Crippen molar-refractivity contribution >= 4 is 17.2 Å². The van der Waals surface area contributed by atoms with Crippen LogP contribution in [0.5, 0.6) is 11.6 Å². The highest BCUT2D eigenvalue weighted by Crippen LogP contribution is 2.33. The number of thiocarbonyl (C=S) groups is 1. The van der Waals surface area contributed by atoms with E-state index >= 15 is 0 Å². The molecule has 110 valence electrons. The summed E-state index contributed by atoms with van der Waals surface area (Å²) in [6.45, 7) is 1.76. The molecule has 0 spiro atoms. The number of aryl methyl sites for hydroxylation is 1. The molecular formula is C14H11F3N2OS. The lowest BCUT2D eigenvalue weighted by atomic mass is 10.1. The Morgan fingerprint density at radius 2 is 2.00 bits per heavy atom. The molecule has 2 rings (SSSR count). The molecule has 21 heavy (non-hydrogen) atoms. The molecule has 2 aromatic rings. The van der Waals surface area contributed by atoms with Crippen LogP contribution in [0.3, 0.4) is 0 Å². The number of benzene rings is 1. The fourth-order valence-corrected chi connectivity index (χ4v) is 2.01. The molecule has 1 heterocycles. The summed E-state index contributed by atoms with van der Waals surface area (Å²) in [5.41, 5.74) is 5.94. The zero-order valence-corrected chi connectivity index (χ0v) is 11.8. The number of pyridine rings is 1. The van der Waals surface area contributed by atoms with Crippen LogP contribution in [0, 0.1) is 6.92 Å². The van der Waals surface area contributed by atoms with Gasteiger partial charge >= 0.3 is 6.18 Å². The second-order valence-electron chi connectivity index (χ2n) is 4.30. The molecule has 0 aliphatic carbocycles. The Morgan fingerprint density at radius 1 is 1.29 bits per heavy atom. The highest BCUT2D eigenvalue weighted by atomic mass is 32.1. The van der Waals surface area contributed by atoms with E-state index in [1.165, 1.54) is 18.3 Å². The van der Waals surface area contributed by atoms with Crippen molar-refractivity contribution in [2.75, 3.05) is 0 Å². The highest BCUT2D eigenvalue weighted by Gasteiger charge is 2.30. The molecular weight excluding hydrogens is 301 g/mol. The molecule has 0 radical (unpaired) electrons. The van der Waals surface area contributed by atoms with Gasteiger partial charge in [-0.2, -0.15) is 13.2 Å². The van der Waals surface area contributed by atoms with E-state index in [0.717, 1.165) is 17.7 Å². The van der Waals surface area contributed by atoms with Crippen molar-refractivity contribution in [2.24, 2.45) is 5.73 Å². The third-order valence-electron chi connectivity index (χ3n) is 2.75. The average Bonchev–Trinajstić information content (AvgIpc) is 2.37. The molecule has 1 aromatic heterocycles. The van der Waals surface area contributed by atoms with Gasteiger partial charge in [-0.05, 0) is 36.8 Å². The molecule has 0 bridgehead atoms. The lowest BCUT2D eigenvalue weighted by molar-refractivity contribution is -0.137. The number of nitrogens with zero attached hydrogens (tertiary/aromatic N) is 1. The van der Waals surface area contributed by atoms with Crippen LogP contribution in [0.25, 0.3) is 0 Å². The maximum Gasteiger partial charge on any atom is 0.416 e. The van der Waals surface area contributed by atoms with Crippen LogP contribution in [-0.2, 0) is 6.18 Å². The van der Waals surface area contributed by atoms with E-state index in [4.69, 9.17) is 22.7 Å².